The molecule has 0 bridgehead atoms. The van der Waals surface area contributed by atoms with Crippen molar-refractivity contribution < 1.29 is 0 Å². The van der Waals surface area contributed by atoms with Crippen LogP contribution in [0.1, 0.15) is 18.3 Å². The Balaban J connectivity index is 1.95. The van der Waals surface area contributed by atoms with E-state index in [0.717, 1.165) is 33.9 Å². The number of nitrogens with two attached hydrogens (primary N) is 1. The number of thioether (sulfide) groups is 1. The highest BCUT2D eigenvalue weighted by Gasteiger charge is 2.15. The maximum absolute atomic E-state index is 6.28. The van der Waals surface area contributed by atoms with Gasteiger partial charge in [-0.3, -0.25) is 4.68 Å². The summed E-state index contributed by atoms with van der Waals surface area (Å²) in [6, 6.07) is 7.94. The normalized spacial score (nSPS) is 12.6. The first kappa shape index (κ1) is 16.9. The van der Waals surface area contributed by atoms with Crippen molar-refractivity contribution in [2.45, 2.75) is 37.8 Å². The summed E-state index contributed by atoms with van der Waals surface area (Å²) in [7, 11) is 0. The lowest BCUT2D eigenvalue weighted by molar-refractivity contribution is 0.593. The minimum atomic E-state index is 0.0865. The maximum atomic E-state index is 6.28. The van der Waals surface area contributed by atoms with Crippen LogP contribution in [-0.2, 0) is 13.0 Å². The molecule has 6 heteroatoms. The summed E-state index contributed by atoms with van der Waals surface area (Å²) in [5.74, 6) is 0.863. The molecule has 3 nitrogen and oxygen atoms in total. The highest BCUT2D eigenvalue weighted by molar-refractivity contribution is 9.10. The lowest BCUT2D eigenvalue weighted by Gasteiger charge is -2.13. The van der Waals surface area contributed by atoms with Gasteiger partial charge in [0.2, 0.25) is 0 Å². The fourth-order valence-corrected chi connectivity index (χ4v) is 3.53. The zero-order valence-corrected chi connectivity index (χ0v) is 15.3. The van der Waals surface area contributed by atoms with Gasteiger partial charge in [0.05, 0.1) is 15.9 Å². The van der Waals surface area contributed by atoms with Gasteiger partial charge < -0.3 is 5.73 Å². The Morgan fingerprint density at radius 3 is 2.67 bits per heavy atom. The van der Waals surface area contributed by atoms with E-state index in [1.807, 2.05) is 35.9 Å². The van der Waals surface area contributed by atoms with Crippen LogP contribution in [0.3, 0.4) is 0 Å². The largest absolute Gasteiger partial charge is 0.327 e. The Bertz CT molecular complexity index is 598. The van der Waals surface area contributed by atoms with Gasteiger partial charge in [-0.1, -0.05) is 11.6 Å². The Morgan fingerprint density at radius 1 is 1.38 bits per heavy atom. The zero-order valence-electron chi connectivity index (χ0n) is 12.1. The molecule has 1 heterocycles. The Kier molecular flexibility index (Phi) is 6.17. The lowest BCUT2D eigenvalue weighted by Crippen LogP contribution is -2.27. The average Bonchev–Trinajstić information content (AvgIpc) is 2.74. The van der Waals surface area contributed by atoms with Crippen molar-refractivity contribution in [3.63, 3.8) is 0 Å². The molecule has 114 valence electrons. The van der Waals surface area contributed by atoms with E-state index in [4.69, 9.17) is 17.3 Å². The van der Waals surface area contributed by atoms with Gasteiger partial charge in [-0.2, -0.15) is 5.10 Å². The predicted octanol–water partition coefficient (Wildman–Crippen LogP) is 4.29. The average molecular weight is 389 g/mol. The summed E-state index contributed by atoms with van der Waals surface area (Å²) in [5.41, 5.74) is 8.47. The monoisotopic (exact) mass is 387 g/mol. The molecule has 2 N–H and O–H groups in total. The number of benzene rings is 1. The topological polar surface area (TPSA) is 43.8 Å². The first-order valence-corrected chi connectivity index (χ1v) is 9.02. The molecule has 0 amide bonds. The Morgan fingerprint density at radius 2 is 2.05 bits per heavy atom. The van der Waals surface area contributed by atoms with Crippen molar-refractivity contribution in [2.75, 3.05) is 5.75 Å². The van der Waals surface area contributed by atoms with E-state index in [1.165, 1.54) is 10.6 Å². The molecule has 1 unspecified atom stereocenters. The molecule has 2 rings (SSSR count). The number of aryl methyl sites for hydroxylation is 2. The lowest BCUT2D eigenvalue weighted by atomic mass is 10.2. The molecule has 0 aliphatic carbocycles. The van der Waals surface area contributed by atoms with Gasteiger partial charge in [-0.05, 0) is 54.0 Å². The molecule has 1 aromatic heterocycles. The highest BCUT2D eigenvalue weighted by atomic mass is 79.9. The predicted molar refractivity (Wildman–Crippen MR) is 94.2 cm³/mol. The van der Waals surface area contributed by atoms with Gasteiger partial charge in [-0.25, -0.2) is 0 Å². The van der Waals surface area contributed by atoms with Crippen LogP contribution >= 0.6 is 39.3 Å². The molecule has 2 aromatic rings. The minimum absolute atomic E-state index is 0.0865. The number of hydrogen-bond acceptors (Lipinski definition) is 3. The molecular formula is C15H19BrClN3S. The SMILES string of the molecule is CCn1nc(C)c(Br)c1CC(N)CSc1ccc(Cl)cc1. The molecule has 1 atom stereocenters. The van der Waals surface area contributed by atoms with Gasteiger partial charge in [0, 0.05) is 34.7 Å². The van der Waals surface area contributed by atoms with Crippen LogP contribution in [0.4, 0.5) is 0 Å². The molecule has 21 heavy (non-hydrogen) atoms. The Hall–Kier alpha value is -0.490. The quantitative estimate of drug-likeness (QED) is 0.751. The second-order valence-electron chi connectivity index (χ2n) is 4.89. The van der Waals surface area contributed by atoms with Crippen molar-refractivity contribution in [3.05, 3.63) is 45.1 Å². The smallest absolute Gasteiger partial charge is 0.0738 e. The van der Waals surface area contributed by atoms with Crippen LogP contribution in [-0.4, -0.2) is 21.6 Å². The summed E-state index contributed by atoms with van der Waals surface area (Å²) >= 11 is 11.3. The number of halogens is 2. The third-order valence-corrected chi connectivity index (χ3v) is 5.67. The van der Waals surface area contributed by atoms with E-state index in [-0.39, 0.29) is 6.04 Å². The van der Waals surface area contributed by atoms with Crippen molar-refractivity contribution in [3.8, 4) is 0 Å². The van der Waals surface area contributed by atoms with E-state index >= 15 is 0 Å². The fraction of sp³-hybridized carbons (Fsp3) is 0.400. The number of hydrogen-bond donors (Lipinski definition) is 1. The van der Waals surface area contributed by atoms with Crippen LogP contribution in [0, 0.1) is 6.92 Å². The van der Waals surface area contributed by atoms with Crippen molar-refractivity contribution in [2.24, 2.45) is 5.73 Å². The summed E-state index contributed by atoms with van der Waals surface area (Å²) in [6.07, 6.45) is 0.815. The van der Waals surface area contributed by atoms with Gasteiger partial charge in [0.15, 0.2) is 0 Å². The molecule has 0 spiro atoms. The highest BCUT2D eigenvalue weighted by Crippen LogP contribution is 2.25. The molecule has 0 saturated heterocycles. The summed E-state index contributed by atoms with van der Waals surface area (Å²) in [5, 5.41) is 5.26. The molecule has 0 aliphatic rings. The van der Waals surface area contributed by atoms with Gasteiger partial charge in [-0.15, -0.1) is 11.8 Å². The van der Waals surface area contributed by atoms with Crippen LogP contribution < -0.4 is 5.73 Å². The third-order valence-electron chi connectivity index (χ3n) is 3.19. The molecule has 0 saturated carbocycles. The van der Waals surface area contributed by atoms with E-state index in [0.29, 0.717) is 0 Å². The first-order valence-electron chi connectivity index (χ1n) is 6.87. The zero-order chi connectivity index (χ0) is 15.4. The number of aromatic nitrogens is 2. The molecule has 0 radical (unpaired) electrons. The fourth-order valence-electron chi connectivity index (χ4n) is 2.11. The van der Waals surface area contributed by atoms with E-state index in [9.17, 15) is 0 Å². The van der Waals surface area contributed by atoms with E-state index in [2.05, 4.69) is 28.0 Å². The second-order valence-corrected chi connectivity index (χ2v) is 7.21. The third kappa shape index (κ3) is 4.49. The van der Waals surface area contributed by atoms with E-state index < -0.39 is 0 Å². The summed E-state index contributed by atoms with van der Waals surface area (Å²) in [6.45, 7) is 4.96. The molecular weight excluding hydrogens is 370 g/mol. The summed E-state index contributed by atoms with van der Waals surface area (Å²) < 4.78 is 3.10. The second kappa shape index (κ2) is 7.68. The molecule has 0 aliphatic heterocycles. The minimum Gasteiger partial charge on any atom is -0.327 e. The van der Waals surface area contributed by atoms with Crippen LogP contribution in [0.15, 0.2) is 33.6 Å². The van der Waals surface area contributed by atoms with Gasteiger partial charge >= 0.3 is 0 Å². The van der Waals surface area contributed by atoms with Crippen LogP contribution in [0.25, 0.3) is 0 Å². The first-order chi connectivity index (χ1) is 10.0. The van der Waals surface area contributed by atoms with Crippen molar-refractivity contribution in [1.82, 2.24) is 9.78 Å². The van der Waals surface area contributed by atoms with Crippen molar-refractivity contribution in [1.29, 1.82) is 0 Å². The van der Waals surface area contributed by atoms with Crippen LogP contribution in [0.5, 0.6) is 0 Å². The maximum Gasteiger partial charge on any atom is 0.0738 e. The standard InChI is InChI=1S/C15H19BrClN3S/c1-3-20-14(15(16)10(2)19-20)8-12(18)9-21-13-6-4-11(17)5-7-13/h4-7,12H,3,8-9,18H2,1-2H3. The van der Waals surface area contributed by atoms with Crippen molar-refractivity contribution >= 4 is 39.3 Å². The number of rotatable bonds is 6. The molecule has 0 fully saturated rings. The Labute approximate surface area is 143 Å². The summed E-state index contributed by atoms with van der Waals surface area (Å²) in [4.78, 5) is 1.19. The number of nitrogens with zero attached hydrogens (tertiary/aromatic N) is 2. The van der Waals surface area contributed by atoms with Gasteiger partial charge in [0.1, 0.15) is 0 Å². The van der Waals surface area contributed by atoms with E-state index in [1.54, 1.807) is 11.8 Å². The molecule has 1 aromatic carbocycles. The van der Waals surface area contributed by atoms with Gasteiger partial charge in [0.25, 0.3) is 0 Å². The van der Waals surface area contributed by atoms with Crippen LogP contribution in [0.2, 0.25) is 5.02 Å².